The van der Waals surface area contributed by atoms with Crippen molar-refractivity contribution >= 4 is 5.78 Å². The molecule has 1 saturated heterocycles. The van der Waals surface area contributed by atoms with Gasteiger partial charge in [-0.1, -0.05) is 20.1 Å². The van der Waals surface area contributed by atoms with E-state index in [1.165, 1.54) is 0 Å². The number of Topliss-reactive ketones (excluding diaryl/α,β-unsaturated/α-hetero) is 1. The van der Waals surface area contributed by atoms with Crippen molar-refractivity contribution in [1.29, 1.82) is 0 Å². The first-order chi connectivity index (χ1) is 17.7. The lowest BCUT2D eigenvalue weighted by atomic mass is 9.79. The van der Waals surface area contributed by atoms with Gasteiger partial charge in [0.05, 0.1) is 21.0 Å². The minimum atomic E-state index is -3.77. The van der Waals surface area contributed by atoms with Crippen LogP contribution in [0.25, 0.3) is 0 Å². The second kappa shape index (κ2) is 7.14. The Morgan fingerprint density at radius 3 is 3.12 bits per heavy atom. The first-order valence-corrected chi connectivity index (χ1v) is 7.40. The van der Waals surface area contributed by atoms with Gasteiger partial charge in [0.25, 0.3) is 0 Å². The zero-order chi connectivity index (χ0) is 31.2. The Labute approximate surface area is 167 Å². The van der Waals surface area contributed by atoms with Gasteiger partial charge in [0, 0.05) is 46.5 Å². The van der Waals surface area contributed by atoms with Gasteiger partial charge in [0.1, 0.15) is 5.78 Å². The number of fused-ring (bicyclic) bond motifs is 3. The first-order valence-electron chi connectivity index (χ1n) is 15.4. The molecule has 0 aromatic heterocycles. The van der Waals surface area contributed by atoms with Gasteiger partial charge in [-0.05, 0) is 41.9 Å². The monoisotopic (exact) mass is 347 g/mol. The number of methoxy groups -OCH3 is 2. The fourth-order valence-electron chi connectivity index (χ4n) is 2.86. The van der Waals surface area contributed by atoms with Crippen LogP contribution >= 0.6 is 0 Å². The van der Waals surface area contributed by atoms with Crippen LogP contribution in [0.2, 0.25) is 0 Å². The van der Waals surface area contributed by atoms with E-state index >= 15 is 0 Å². The fraction of sp³-hybridized carbons (Fsp3) is 0.650. The van der Waals surface area contributed by atoms with Crippen LogP contribution in [0.1, 0.15) is 72.0 Å². The molecular formula is C20H29NO3. The van der Waals surface area contributed by atoms with E-state index in [1.807, 2.05) is 0 Å². The van der Waals surface area contributed by atoms with E-state index in [9.17, 15) is 4.79 Å². The van der Waals surface area contributed by atoms with E-state index in [4.69, 9.17) is 31.4 Å². The minimum Gasteiger partial charge on any atom is -0.493 e. The van der Waals surface area contributed by atoms with Crippen LogP contribution in [0.15, 0.2) is 12.1 Å². The molecule has 1 fully saturated rings. The first kappa shape index (κ1) is 6.31. The lowest BCUT2D eigenvalue weighted by molar-refractivity contribution is -0.129. The van der Waals surface area contributed by atoms with Crippen LogP contribution in [0.3, 0.4) is 0 Å². The summed E-state index contributed by atoms with van der Waals surface area (Å²) >= 11 is 0. The summed E-state index contributed by atoms with van der Waals surface area (Å²) in [6.07, 6.45) is -10.2. The molecule has 132 valence electrons. The van der Waals surface area contributed by atoms with Gasteiger partial charge in [-0.3, -0.25) is 9.69 Å². The van der Waals surface area contributed by atoms with Crippen molar-refractivity contribution in [3.8, 4) is 11.5 Å². The number of ketones is 1. The predicted octanol–water partition coefficient (Wildman–Crippen LogP) is 3.63. The highest BCUT2D eigenvalue weighted by Crippen LogP contribution is 2.42. The maximum absolute atomic E-state index is 13.7. The van der Waals surface area contributed by atoms with Crippen LogP contribution in [0.5, 0.6) is 11.5 Å². The van der Waals surface area contributed by atoms with Gasteiger partial charge in [0.2, 0.25) is 0 Å². The van der Waals surface area contributed by atoms with E-state index in [0.717, 1.165) is 12.0 Å². The highest BCUT2D eigenvalue weighted by molar-refractivity contribution is 5.83. The Bertz CT molecular complexity index is 1190. The van der Waals surface area contributed by atoms with E-state index < -0.39 is 86.8 Å². The molecule has 1 aromatic rings. The number of rotatable bonds is 5. The molecule has 0 N–H and O–H groups in total. The van der Waals surface area contributed by atoms with E-state index in [2.05, 4.69) is 0 Å². The van der Waals surface area contributed by atoms with Gasteiger partial charge in [-0.2, -0.15) is 0 Å². The van der Waals surface area contributed by atoms with E-state index in [-0.39, 0.29) is 24.1 Å². The molecule has 0 radical (unpaired) electrons. The van der Waals surface area contributed by atoms with Crippen LogP contribution in [-0.4, -0.2) is 37.9 Å². The third-order valence-corrected chi connectivity index (χ3v) is 4.07. The van der Waals surface area contributed by atoms with Crippen molar-refractivity contribution < 1.29 is 36.2 Å². The number of carbonyl (C=O) groups excluding carboxylic acids is 1. The highest BCUT2D eigenvalue weighted by atomic mass is 16.5. The Morgan fingerprint density at radius 2 is 2.42 bits per heavy atom. The van der Waals surface area contributed by atoms with Gasteiger partial charge in [-0.25, -0.2) is 0 Å². The number of carbonyl (C=O) groups is 1. The molecular weight excluding hydrogens is 302 g/mol. The smallest absolute Gasteiger partial charge is 0.161 e. The summed E-state index contributed by atoms with van der Waals surface area (Å²) in [6.45, 7) is -4.23. The largest absolute Gasteiger partial charge is 0.493 e. The summed E-state index contributed by atoms with van der Waals surface area (Å²) in [6, 6.07) is -2.81. The van der Waals surface area contributed by atoms with Crippen LogP contribution in [0.4, 0.5) is 0 Å². The van der Waals surface area contributed by atoms with Crippen molar-refractivity contribution in [1.82, 2.24) is 4.90 Å². The number of hydrogen-bond acceptors (Lipinski definition) is 4. The molecule has 3 rings (SSSR count). The standard InChI is InChI=1S/C20H29NO3/c1-5-13(2)8-15-12-21-7-6-14-9-19(23-3)20(24-4)10-16(14)17(21)11-18(15)22/h9-10,13,15,17H,5-8,11-12H2,1-4H3/i2D3,3D3,5D2,8D2,9D,10D,11D2,13D,15D. The normalized spacial score (nSPS) is 43.4. The Kier molecular flexibility index (Phi) is 1.88. The molecule has 1 aromatic carbocycles. The fourth-order valence-corrected chi connectivity index (χ4v) is 2.86. The average molecular weight is 348 g/mol. The second-order valence-electron chi connectivity index (χ2n) is 5.43. The lowest BCUT2D eigenvalue weighted by Crippen LogP contribution is -2.46. The average Bonchev–Trinajstić information content (AvgIpc) is 2.77. The molecule has 0 aliphatic carbocycles. The topological polar surface area (TPSA) is 38.8 Å². The number of hydrogen-bond donors (Lipinski definition) is 0. The molecule has 0 bridgehead atoms. The second-order valence-corrected chi connectivity index (χ2v) is 5.43. The molecule has 24 heavy (non-hydrogen) atoms. The van der Waals surface area contributed by atoms with Gasteiger partial charge >= 0.3 is 0 Å². The molecule has 2 aliphatic rings. The van der Waals surface area contributed by atoms with Gasteiger partial charge < -0.3 is 9.47 Å². The molecule has 2 heterocycles. The quantitative estimate of drug-likeness (QED) is 0.815. The zero-order valence-electron chi connectivity index (χ0n) is 29.4. The molecule has 0 spiro atoms. The number of ether oxygens (including phenoxy) is 2. The van der Waals surface area contributed by atoms with Crippen molar-refractivity contribution in [2.24, 2.45) is 11.8 Å². The molecule has 3 unspecified atom stereocenters. The lowest BCUT2D eigenvalue weighted by Gasteiger charge is -2.43. The SMILES string of the molecule is [2H]c1c2c(c([2H])c(OC)c1OC([2H])([2H])[2H])C1N(CC2)CC([2H])(C([2H])([2H])C([2H])(C([2H])([2H])[2H])C([2H])([2H])C)C(=O)C1([2H])[2H]. The Balaban J connectivity index is 2.27. The maximum atomic E-state index is 13.7. The molecule has 3 atom stereocenters. The summed E-state index contributed by atoms with van der Waals surface area (Å²) in [7, 11) is -1.95. The molecule has 2 aliphatic heterocycles. The summed E-state index contributed by atoms with van der Waals surface area (Å²) in [4.78, 5) is 14.9. The highest BCUT2D eigenvalue weighted by Gasteiger charge is 2.38. The van der Waals surface area contributed by atoms with Crippen molar-refractivity contribution in [2.45, 2.75) is 45.4 Å². The van der Waals surface area contributed by atoms with E-state index in [0.29, 0.717) is 6.92 Å². The molecule has 0 saturated carbocycles. The third-order valence-electron chi connectivity index (χ3n) is 4.07. The third kappa shape index (κ3) is 3.16. The number of benzene rings is 1. The minimum absolute atomic E-state index is 0.0225. The molecule has 0 amide bonds. The number of piperidine rings is 1. The van der Waals surface area contributed by atoms with Gasteiger partial charge in [-0.15, -0.1) is 0 Å². The van der Waals surface area contributed by atoms with Crippen LogP contribution in [0, 0.1) is 11.8 Å². The van der Waals surface area contributed by atoms with Crippen molar-refractivity contribution in [2.75, 3.05) is 27.2 Å². The van der Waals surface area contributed by atoms with Crippen LogP contribution in [-0.2, 0) is 11.2 Å². The maximum Gasteiger partial charge on any atom is 0.161 e. The van der Waals surface area contributed by atoms with E-state index in [1.54, 1.807) is 0 Å². The number of nitrogens with zero attached hydrogens (tertiary/aromatic N) is 1. The summed E-state index contributed by atoms with van der Waals surface area (Å²) in [5.41, 5.74) is -0.267. The zero-order valence-corrected chi connectivity index (χ0v) is 13.4. The van der Waals surface area contributed by atoms with Crippen LogP contribution < -0.4 is 9.47 Å². The molecule has 4 nitrogen and oxygen atoms in total. The Morgan fingerprint density at radius 1 is 1.58 bits per heavy atom. The predicted molar refractivity (Wildman–Crippen MR) is 94.8 cm³/mol. The Hall–Kier alpha value is -1.55. The summed E-state index contributed by atoms with van der Waals surface area (Å²) in [5.74, 6) is -9.84. The van der Waals surface area contributed by atoms with Crippen molar-refractivity contribution in [3.05, 3.63) is 23.2 Å². The summed E-state index contributed by atoms with van der Waals surface area (Å²) < 4.78 is 141. The van der Waals surface area contributed by atoms with Crippen molar-refractivity contribution in [3.63, 3.8) is 0 Å². The molecule has 4 heteroatoms. The summed E-state index contributed by atoms with van der Waals surface area (Å²) in [5, 5.41) is 0. The van der Waals surface area contributed by atoms with Gasteiger partial charge in [0.15, 0.2) is 11.5 Å².